The quantitative estimate of drug-likeness (QED) is 0.716. The summed E-state index contributed by atoms with van der Waals surface area (Å²) in [6.07, 6.45) is 1.05. The molecule has 0 heterocycles. The van der Waals surface area contributed by atoms with Gasteiger partial charge >= 0.3 is 0 Å². The third-order valence-corrected chi connectivity index (χ3v) is 3.21. The van der Waals surface area contributed by atoms with Crippen LogP contribution in [0.25, 0.3) is 0 Å². The van der Waals surface area contributed by atoms with Crippen LogP contribution in [0.2, 0.25) is 0 Å². The van der Waals surface area contributed by atoms with Gasteiger partial charge in [-0.3, -0.25) is 0 Å². The highest BCUT2D eigenvalue weighted by atomic mass is 35.5. The molecule has 0 saturated carbocycles. The molecule has 1 nitrogen and oxygen atoms in total. The van der Waals surface area contributed by atoms with Gasteiger partial charge in [0.1, 0.15) is 0 Å². The van der Waals surface area contributed by atoms with Crippen molar-refractivity contribution in [1.82, 2.24) is 4.90 Å². The molecular formula is C15H24ClN. The molecule has 0 atom stereocenters. The summed E-state index contributed by atoms with van der Waals surface area (Å²) in [6.45, 7) is 8.80. The third kappa shape index (κ3) is 5.10. The molecule has 0 saturated heterocycles. The van der Waals surface area contributed by atoms with Crippen molar-refractivity contribution in [3.05, 3.63) is 35.4 Å². The molecule has 17 heavy (non-hydrogen) atoms. The first-order valence-corrected chi connectivity index (χ1v) is 6.81. The number of rotatable bonds is 5. The van der Waals surface area contributed by atoms with E-state index in [9.17, 15) is 0 Å². The molecule has 1 rings (SSSR count). The number of nitrogens with zero attached hydrogens (tertiary/aromatic N) is 1. The van der Waals surface area contributed by atoms with E-state index in [0.29, 0.717) is 0 Å². The van der Waals surface area contributed by atoms with Gasteiger partial charge in [0.25, 0.3) is 0 Å². The molecule has 0 radical (unpaired) electrons. The van der Waals surface area contributed by atoms with Crippen molar-refractivity contribution < 1.29 is 0 Å². The molecule has 2 heteroatoms. The second-order valence-electron chi connectivity index (χ2n) is 5.73. The molecule has 0 unspecified atom stereocenters. The normalized spacial score (nSPS) is 12.1. The van der Waals surface area contributed by atoms with Crippen molar-refractivity contribution >= 4 is 11.6 Å². The number of benzene rings is 1. The lowest BCUT2D eigenvalue weighted by Crippen LogP contribution is -2.19. The number of alkyl halides is 1. The highest BCUT2D eigenvalue weighted by Crippen LogP contribution is 2.22. The van der Waals surface area contributed by atoms with Crippen molar-refractivity contribution in [3.8, 4) is 0 Å². The molecule has 1 aromatic rings. The Hall–Kier alpha value is -0.530. The van der Waals surface area contributed by atoms with Gasteiger partial charge in [0.2, 0.25) is 0 Å². The SMILES string of the molecule is CN(CCCCl)Cc1ccc(C(C)(C)C)cc1. The van der Waals surface area contributed by atoms with E-state index in [1.54, 1.807) is 0 Å². The van der Waals surface area contributed by atoms with Crippen LogP contribution in [0.15, 0.2) is 24.3 Å². The van der Waals surface area contributed by atoms with Gasteiger partial charge in [-0.15, -0.1) is 11.6 Å². The van der Waals surface area contributed by atoms with Crippen LogP contribution in [0.1, 0.15) is 38.3 Å². The van der Waals surface area contributed by atoms with Crippen LogP contribution >= 0.6 is 11.6 Å². The summed E-state index contributed by atoms with van der Waals surface area (Å²) in [5.74, 6) is 0.743. The molecule has 0 aliphatic carbocycles. The predicted octanol–water partition coefficient (Wildman–Crippen LogP) is 4.04. The van der Waals surface area contributed by atoms with E-state index in [-0.39, 0.29) is 5.41 Å². The minimum Gasteiger partial charge on any atom is -0.302 e. The fourth-order valence-corrected chi connectivity index (χ4v) is 1.95. The first-order valence-electron chi connectivity index (χ1n) is 6.27. The fraction of sp³-hybridized carbons (Fsp3) is 0.600. The maximum absolute atomic E-state index is 5.69. The molecule has 0 bridgehead atoms. The van der Waals surface area contributed by atoms with Crippen molar-refractivity contribution in [2.45, 2.75) is 39.2 Å². The predicted molar refractivity (Wildman–Crippen MR) is 76.8 cm³/mol. The Labute approximate surface area is 111 Å². The molecule has 0 fully saturated rings. The van der Waals surface area contributed by atoms with Crippen molar-refractivity contribution in [3.63, 3.8) is 0 Å². The second kappa shape index (κ2) is 6.42. The zero-order valence-electron chi connectivity index (χ0n) is 11.5. The summed E-state index contributed by atoms with van der Waals surface area (Å²) in [6, 6.07) is 8.95. The lowest BCUT2D eigenvalue weighted by atomic mass is 9.87. The summed E-state index contributed by atoms with van der Waals surface area (Å²) in [4.78, 5) is 2.31. The molecule has 96 valence electrons. The summed E-state index contributed by atoms with van der Waals surface area (Å²) >= 11 is 5.69. The molecular weight excluding hydrogens is 230 g/mol. The van der Waals surface area contributed by atoms with E-state index in [1.807, 2.05) is 0 Å². The van der Waals surface area contributed by atoms with E-state index in [0.717, 1.165) is 25.4 Å². The Morgan fingerprint density at radius 3 is 2.18 bits per heavy atom. The van der Waals surface area contributed by atoms with Crippen LogP contribution in [-0.2, 0) is 12.0 Å². The van der Waals surface area contributed by atoms with E-state index in [2.05, 4.69) is 57.0 Å². The molecule has 0 N–H and O–H groups in total. The highest BCUT2D eigenvalue weighted by Gasteiger charge is 2.12. The van der Waals surface area contributed by atoms with Crippen LogP contribution < -0.4 is 0 Å². The summed E-state index contributed by atoms with van der Waals surface area (Å²) in [5, 5.41) is 0. The van der Waals surface area contributed by atoms with Gasteiger partial charge in [-0.05, 0) is 36.6 Å². The highest BCUT2D eigenvalue weighted by molar-refractivity contribution is 6.17. The molecule has 0 aliphatic rings. The first-order chi connectivity index (χ1) is 7.93. The van der Waals surface area contributed by atoms with Crippen LogP contribution in [-0.4, -0.2) is 24.4 Å². The Kier molecular flexibility index (Phi) is 5.48. The second-order valence-corrected chi connectivity index (χ2v) is 6.11. The zero-order valence-corrected chi connectivity index (χ0v) is 12.2. The third-order valence-electron chi connectivity index (χ3n) is 2.95. The molecule has 0 spiro atoms. The van der Waals surface area contributed by atoms with Gasteiger partial charge in [0.05, 0.1) is 0 Å². The van der Waals surface area contributed by atoms with Gasteiger partial charge in [0.15, 0.2) is 0 Å². The summed E-state index contributed by atoms with van der Waals surface area (Å²) in [5.41, 5.74) is 3.00. The van der Waals surface area contributed by atoms with E-state index >= 15 is 0 Å². The molecule has 0 amide bonds. The number of hydrogen-bond acceptors (Lipinski definition) is 1. The Morgan fingerprint density at radius 1 is 1.12 bits per heavy atom. The summed E-state index contributed by atoms with van der Waals surface area (Å²) in [7, 11) is 2.14. The maximum atomic E-state index is 5.69. The lowest BCUT2D eigenvalue weighted by Gasteiger charge is -2.20. The van der Waals surface area contributed by atoms with Crippen LogP contribution in [0.3, 0.4) is 0 Å². The van der Waals surface area contributed by atoms with Crippen LogP contribution in [0.4, 0.5) is 0 Å². The van der Waals surface area contributed by atoms with Crippen LogP contribution in [0.5, 0.6) is 0 Å². The zero-order chi connectivity index (χ0) is 12.9. The van der Waals surface area contributed by atoms with E-state index < -0.39 is 0 Å². The minimum absolute atomic E-state index is 0.239. The van der Waals surface area contributed by atoms with Crippen molar-refractivity contribution in [1.29, 1.82) is 0 Å². The Balaban J connectivity index is 2.56. The van der Waals surface area contributed by atoms with Crippen LogP contribution in [0, 0.1) is 0 Å². The first kappa shape index (κ1) is 14.5. The van der Waals surface area contributed by atoms with Crippen molar-refractivity contribution in [2.24, 2.45) is 0 Å². The maximum Gasteiger partial charge on any atom is 0.0235 e. The number of hydrogen-bond donors (Lipinski definition) is 0. The van der Waals surface area contributed by atoms with Gasteiger partial charge in [-0.25, -0.2) is 0 Å². The monoisotopic (exact) mass is 253 g/mol. The lowest BCUT2D eigenvalue weighted by molar-refractivity contribution is 0.328. The van der Waals surface area contributed by atoms with Gasteiger partial charge in [-0.2, -0.15) is 0 Å². The van der Waals surface area contributed by atoms with E-state index in [1.165, 1.54) is 11.1 Å². The minimum atomic E-state index is 0.239. The average Bonchev–Trinajstić information content (AvgIpc) is 2.26. The largest absolute Gasteiger partial charge is 0.302 e. The topological polar surface area (TPSA) is 3.24 Å². The smallest absolute Gasteiger partial charge is 0.0235 e. The Morgan fingerprint density at radius 2 is 1.71 bits per heavy atom. The fourth-order valence-electron chi connectivity index (χ4n) is 1.83. The molecule has 0 aromatic heterocycles. The van der Waals surface area contributed by atoms with Crippen molar-refractivity contribution in [2.75, 3.05) is 19.5 Å². The average molecular weight is 254 g/mol. The van der Waals surface area contributed by atoms with Gasteiger partial charge in [0, 0.05) is 12.4 Å². The number of halogens is 1. The Bertz CT molecular complexity index is 324. The molecule has 1 aromatic carbocycles. The standard InChI is InChI=1S/C15H24ClN/c1-15(2,3)14-8-6-13(7-9-14)12-17(4)11-5-10-16/h6-9H,5,10-12H2,1-4H3. The summed E-state index contributed by atoms with van der Waals surface area (Å²) < 4.78 is 0. The van der Waals surface area contributed by atoms with E-state index in [4.69, 9.17) is 11.6 Å². The van der Waals surface area contributed by atoms with Gasteiger partial charge < -0.3 is 4.90 Å². The van der Waals surface area contributed by atoms with Gasteiger partial charge in [-0.1, -0.05) is 45.0 Å². The molecule has 0 aliphatic heterocycles.